The van der Waals surface area contributed by atoms with Crippen molar-refractivity contribution < 1.29 is 9.53 Å². The summed E-state index contributed by atoms with van der Waals surface area (Å²) in [7, 11) is 3.99. The van der Waals surface area contributed by atoms with Gasteiger partial charge in [0.15, 0.2) is 5.65 Å². The molecule has 0 saturated heterocycles. The second-order valence-corrected chi connectivity index (χ2v) is 9.44. The Kier molecular flexibility index (Phi) is 5.77. The van der Waals surface area contributed by atoms with Crippen molar-refractivity contribution >= 4 is 34.2 Å². The van der Waals surface area contributed by atoms with Crippen molar-refractivity contribution in [1.82, 2.24) is 9.55 Å². The molecule has 4 aromatic rings. The normalized spacial score (nSPS) is 11.2. The van der Waals surface area contributed by atoms with Crippen LogP contribution in [0.25, 0.3) is 22.3 Å². The van der Waals surface area contributed by atoms with Crippen molar-refractivity contribution in [3.8, 4) is 23.1 Å². The van der Waals surface area contributed by atoms with Gasteiger partial charge in [-0.2, -0.15) is 11.3 Å². The fourth-order valence-corrected chi connectivity index (χ4v) is 3.86. The zero-order chi connectivity index (χ0) is 22.9. The third-order valence-electron chi connectivity index (χ3n) is 4.76. The van der Waals surface area contributed by atoms with E-state index in [9.17, 15) is 4.79 Å². The second kappa shape index (κ2) is 8.52. The van der Waals surface area contributed by atoms with Gasteiger partial charge < -0.3 is 9.64 Å². The van der Waals surface area contributed by atoms with Gasteiger partial charge in [0.05, 0.1) is 5.69 Å². The summed E-state index contributed by atoms with van der Waals surface area (Å²) in [5.41, 5.74) is 4.23. The third-order valence-corrected chi connectivity index (χ3v) is 5.45. The number of fused-ring (bicyclic) bond motifs is 1. The van der Waals surface area contributed by atoms with Crippen molar-refractivity contribution in [2.45, 2.75) is 26.4 Å². The second-order valence-electron chi connectivity index (χ2n) is 8.66. The van der Waals surface area contributed by atoms with Crippen LogP contribution in [0.4, 0.5) is 10.5 Å². The number of rotatable bonds is 2. The molecule has 0 unspecified atom stereocenters. The molecule has 0 fully saturated rings. The molecule has 0 N–H and O–H groups in total. The fourth-order valence-electron chi connectivity index (χ4n) is 3.21. The van der Waals surface area contributed by atoms with E-state index >= 15 is 0 Å². The zero-order valence-corrected chi connectivity index (χ0v) is 19.7. The molecule has 5 nitrogen and oxygen atoms in total. The summed E-state index contributed by atoms with van der Waals surface area (Å²) in [6, 6.07) is 15.8. The molecule has 0 aliphatic carbocycles. The molecule has 3 aromatic heterocycles. The van der Waals surface area contributed by atoms with Crippen LogP contribution >= 0.6 is 11.3 Å². The molecule has 162 valence electrons. The minimum atomic E-state index is -0.634. The van der Waals surface area contributed by atoms with Gasteiger partial charge in [0.2, 0.25) is 0 Å². The molecule has 4 rings (SSSR count). The lowest BCUT2D eigenvalue weighted by molar-refractivity contribution is 0.0542. The van der Waals surface area contributed by atoms with Crippen LogP contribution in [0.5, 0.6) is 0 Å². The quantitative estimate of drug-likeness (QED) is 0.356. The molecular weight excluding hydrogens is 418 g/mol. The van der Waals surface area contributed by atoms with Crippen molar-refractivity contribution in [2.75, 3.05) is 19.0 Å². The third kappa shape index (κ3) is 4.68. The molecular formula is C26H25N3O2S. The monoisotopic (exact) mass is 443 g/mol. The minimum absolute atomic E-state index is 0.491. The smallest absolute Gasteiger partial charge is 0.421 e. The van der Waals surface area contributed by atoms with Crippen molar-refractivity contribution in [3.05, 3.63) is 70.5 Å². The van der Waals surface area contributed by atoms with Crippen LogP contribution in [0.2, 0.25) is 0 Å². The Morgan fingerprint density at radius 3 is 2.44 bits per heavy atom. The predicted molar refractivity (Wildman–Crippen MR) is 131 cm³/mol. The highest BCUT2D eigenvalue weighted by Crippen LogP contribution is 2.26. The first-order valence-electron chi connectivity index (χ1n) is 10.3. The summed E-state index contributed by atoms with van der Waals surface area (Å²) < 4.78 is 7.14. The average Bonchev–Trinajstić information content (AvgIpc) is 3.38. The highest BCUT2D eigenvalue weighted by atomic mass is 32.1. The topological polar surface area (TPSA) is 47.4 Å². The molecule has 0 atom stereocenters. The number of ether oxygens (including phenoxy) is 1. The van der Waals surface area contributed by atoms with E-state index in [2.05, 4.69) is 11.8 Å². The summed E-state index contributed by atoms with van der Waals surface area (Å²) >= 11 is 1.61. The maximum Gasteiger partial charge on any atom is 0.421 e. The highest BCUT2D eigenvalue weighted by Gasteiger charge is 2.22. The average molecular weight is 444 g/mol. The van der Waals surface area contributed by atoms with Gasteiger partial charge >= 0.3 is 6.09 Å². The van der Waals surface area contributed by atoms with E-state index in [1.165, 1.54) is 4.57 Å². The number of thiophene rings is 1. The van der Waals surface area contributed by atoms with Crippen LogP contribution in [0.3, 0.4) is 0 Å². The standard InChI is InChI=1S/C26H25N3O2S/c1-26(2,3)31-25(30)29-22(12-8-18-6-10-21(11-7-18)28(4)5)16-19-9-13-23(27-24(19)29)20-14-15-32-17-20/h6-7,9-11,13-17H,1-5H3. The van der Waals surface area contributed by atoms with Crippen LogP contribution in [-0.2, 0) is 4.74 Å². The van der Waals surface area contributed by atoms with Gasteiger partial charge in [0, 0.05) is 41.7 Å². The number of carbonyl (C=O) groups excluding carboxylic acids is 1. The van der Waals surface area contributed by atoms with Crippen molar-refractivity contribution in [1.29, 1.82) is 0 Å². The van der Waals surface area contributed by atoms with E-state index in [-0.39, 0.29) is 0 Å². The summed E-state index contributed by atoms with van der Waals surface area (Å²) in [4.78, 5) is 19.9. The Morgan fingerprint density at radius 1 is 1.06 bits per heavy atom. The number of nitrogens with zero attached hydrogens (tertiary/aromatic N) is 3. The minimum Gasteiger partial charge on any atom is -0.443 e. The van der Waals surface area contributed by atoms with Gasteiger partial charge in [0.1, 0.15) is 11.3 Å². The maximum atomic E-state index is 13.1. The molecule has 32 heavy (non-hydrogen) atoms. The summed E-state index contributed by atoms with van der Waals surface area (Å²) in [6.45, 7) is 5.54. The van der Waals surface area contributed by atoms with Crippen molar-refractivity contribution in [3.63, 3.8) is 0 Å². The van der Waals surface area contributed by atoms with Crippen LogP contribution in [0.1, 0.15) is 32.0 Å². The molecule has 1 aromatic carbocycles. The first-order chi connectivity index (χ1) is 15.2. The number of hydrogen-bond acceptors (Lipinski definition) is 5. The van der Waals surface area contributed by atoms with Crippen LogP contribution < -0.4 is 4.90 Å². The molecule has 0 amide bonds. The Balaban J connectivity index is 1.81. The first-order valence-corrected chi connectivity index (χ1v) is 11.2. The van der Waals surface area contributed by atoms with Gasteiger partial charge in [-0.15, -0.1) is 0 Å². The Labute approximate surface area is 192 Å². The number of benzene rings is 1. The Hall–Kier alpha value is -3.56. The Morgan fingerprint density at radius 2 is 1.81 bits per heavy atom. The van der Waals surface area contributed by atoms with E-state index in [0.717, 1.165) is 27.9 Å². The SMILES string of the molecule is CN(C)c1ccc(C#Cc2cc3ccc(-c4ccsc4)nc3n2C(=O)OC(C)(C)C)cc1. The molecule has 0 aliphatic heterocycles. The van der Waals surface area contributed by atoms with E-state index in [1.807, 2.05) is 99.1 Å². The molecule has 6 heteroatoms. The molecule has 0 saturated carbocycles. The molecule has 0 aliphatic rings. The van der Waals surface area contributed by atoms with E-state index in [1.54, 1.807) is 11.3 Å². The zero-order valence-electron chi connectivity index (χ0n) is 18.8. The van der Waals surface area contributed by atoms with Gasteiger partial charge in [-0.3, -0.25) is 0 Å². The van der Waals surface area contributed by atoms with Crippen LogP contribution in [0, 0.1) is 11.8 Å². The van der Waals surface area contributed by atoms with Gasteiger partial charge in [0.25, 0.3) is 0 Å². The molecule has 0 spiro atoms. The summed E-state index contributed by atoms with van der Waals surface area (Å²) in [5, 5.41) is 4.88. The van der Waals surface area contributed by atoms with Crippen LogP contribution in [-0.4, -0.2) is 35.3 Å². The van der Waals surface area contributed by atoms with Crippen molar-refractivity contribution in [2.24, 2.45) is 0 Å². The van der Waals surface area contributed by atoms with E-state index < -0.39 is 11.7 Å². The Bertz CT molecular complexity index is 1320. The first kappa shape index (κ1) is 21.7. The van der Waals surface area contributed by atoms with Gasteiger partial charge in [-0.05, 0) is 80.6 Å². The van der Waals surface area contributed by atoms with Gasteiger partial charge in [-0.1, -0.05) is 5.92 Å². The molecule has 0 radical (unpaired) electrons. The fraction of sp³-hybridized carbons (Fsp3) is 0.231. The number of pyridine rings is 1. The number of aromatic nitrogens is 2. The van der Waals surface area contributed by atoms with E-state index in [0.29, 0.717) is 11.3 Å². The molecule has 0 bridgehead atoms. The van der Waals surface area contributed by atoms with Crippen LogP contribution in [0.15, 0.2) is 59.3 Å². The lowest BCUT2D eigenvalue weighted by atomic mass is 10.2. The number of anilines is 1. The summed E-state index contributed by atoms with van der Waals surface area (Å²) in [6.07, 6.45) is -0.491. The highest BCUT2D eigenvalue weighted by molar-refractivity contribution is 7.08. The lowest BCUT2D eigenvalue weighted by Gasteiger charge is -2.20. The predicted octanol–water partition coefficient (Wildman–Crippen LogP) is 6.01. The van der Waals surface area contributed by atoms with Gasteiger partial charge in [-0.25, -0.2) is 14.3 Å². The number of hydrogen-bond donors (Lipinski definition) is 0. The van der Waals surface area contributed by atoms with E-state index in [4.69, 9.17) is 9.72 Å². The number of carbonyl (C=O) groups is 1. The molecule has 3 heterocycles. The summed E-state index contributed by atoms with van der Waals surface area (Å²) in [5.74, 6) is 6.31. The maximum absolute atomic E-state index is 13.1. The largest absolute Gasteiger partial charge is 0.443 e. The lowest BCUT2D eigenvalue weighted by Crippen LogP contribution is -2.27.